The second-order valence-electron chi connectivity index (χ2n) is 7.28. The van der Waals surface area contributed by atoms with Gasteiger partial charge in [0.05, 0.1) is 0 Å². The van der Waals surface area contributed by atoms with Crippen molar-refractivity contribution < 1.29 is 14.6 Å². The summed E-state index contributed by atoms with van der Waals surface area (Å²) in [7, 11) is 1.43. The molecule has 0 unspecified atom stereocenters. The molecule has 0 saturated heterocycles. The number of unbranched alkanes of at least 4 members (excludes halogenated alkanes) is 3. The predicted octanol–water partition coefficient (Wildman–Crippen LogP) is 5.81. The van der Waals surface area contributed by atoms with E-state index in [0.29, 0.717) is 6.42 Å². The fraction of sp³-hybridized carbons (Fsp3) is 0.696. The maximum atomic E-state index is 11.9. The van der Waals surface area contributed by atoms with Crippen LogP contribution < -0.4 is 0 Å². The Hall–Kier alpha value is -0.731. The molecule has 27 heavy (non-hydrogen) atoms. The molecule has 4 heteroatoms. The molecule has 0 spiro atoms. The minimum absolute atomic E-state index is 0.101. The van der Waals surface area contributed by atoms with Crippen LogP contribution in [0.3, 0.4) is 0 Å². The Kier molecular flexibility index (Phi) is 15.8. The molecule has 0 rings (SSSR count). The summed E-state index contributed by atoms with van der Waals surface area (Å²) >= 11 is -2.67. The number of aliphatic hydroxyl groups is 1. The van der Waals surface area contributed by atoms with Crippen LogP contribution in [0.1, 0.15) is 72.6 Å². The Morgan fingerprint density at radius 1 is 1.00 bits per heavy atom. The third-order valence-corrected chi connectivity index (χ3v) is 21.4. The first kappa shape index (κ1) is 26.3. The molecule has 0 aliphatic carbocycles. The first-order chi connectivity index (χ1) is 13.0. The molecule has 0 aliphatic rings. The normalized spacial score (nSPS) is 12.5. The molecule has 3 nitrogen and oxygen atoms in total. The topological polar surface area (TPSA) is 46.5 Å². The zero-order chi connectivity index (χ0) is 20.5. The second kappa shape index (κ2) is 16.2. The number of carbonyl (C=O) groups excluding carboxylic acids is 1. The summed E-state index contributed by atoms with van der Waals surface area (Å²) in [5, 5.41) is 8.95. The Morgan fingerprint density at radius 2 is 1.52 bits per heavy atom. The standard InChI is InChI=1S/C11H13O3.3C4H9.Sn/c1-10(9-11(13)14-2)7-5-3-4-6-8-12;3*1-3-4-2;/h5,9,12H,3,8H2,1-2H3;3*1,3-4H2,2H3;/b7-5?,10-9+;;;;. The van der Waals surface area contributed by atoms with Gasteiger partial charge in [0.2, 0.25) is 0 Å². The minimum atomic E-state index is -2.67. The molecule has 0 aromatic heterocycles. The molecule has 0 radical (unpaired) electrons. The van der Waals surface area contributed by atoms with E-state index in [1.165, 1.54) is 62.5 Å². The van der Waals surface area contributed by atoms with Gasteiger partial charge < -0.3 is 0 Å². The summed E-state index contributed by atoms with van der Waals surface area (Å²) in [6, 6.07) is 0. The van der Waals surface area contributed by atoms with Crippen molar-refractivity contribution in [3.8, 4) is 11.8 Å². The summed E-state index contributed by atoms with van der Waals surface area (Å²) in [6.07, 6.45) is 12.1. The Bertz CT molecular complexity index is 516. The van der Waals surface area contributed by atoms with Crippen LogP contribution in [0.15, 0.2) is 21.3 Å². The number of rotatable bonds is 13. The van der Waals surface area contributed by atoms with Crippen LogP contribution in [0.2, 0.25) is 13.3 Å². The second-order valence-corrected chi connectivity index (χ2v) is 20.4. The molecule has 0 fully saturated rings. The van der Waals surface area contributed by atoms with Gasteiger partial charge in [-0.2, -0.15) is 0 Å². The summed E-state index contributed by atoms with van der Waals surface area (Å²) in [4.78, 5) is 11.9. The van der Waals surface area contributed by atoms with Crippen molar-refractivity contribution in [2.24, 2.45) is 0 Å². The first-order valence-corrected chi connectivity index (χ1v) is 18.0. The van der Waals surface area contributed by atoms with Gasteiger partial charge in [-0.3, -0.25) is 0 Å². The van der Waals surface area contributed by atoms with Crippen molar-refractivity contribution in [1.29, 1.82) is 0 Å². The van der Waals surface area contributed by atoms with Gasteiger partial charge in [0.25, 0.3) is 0 Å². The number of aliphatic hydroxyl groups excluding tert-OH is 1. The molecule has 0 aromatic carbocycles. The van der Waals surface area contributed by atoms with Crippen LogP contribution in [0.25, 0.3) is 0 Å². The van der Waals surface area contributed by atoms with Crippen LogP contribution >= 0.6 is 0 Å². The van der Waals surface area contributed by atoms with Crippen molar-refractivity contribution >= 4 is 24.3 Å². The number of allylic oxidation sites excluding steroid dienone is 3. The quantitative estimate of drug-likeness (QED) is 0.118. The fourth-order valence-corrected chi connectivity index (χ4v) is 21.1. The average Bonchev–Trinajstić information content (AvgIpc) is 2.67. The molecule has 0 amide bonds. The number of esters is 1. The van der Waals surface area contributed by atoms with E-state index in [1.807, 2.05) is 0 Å². The van der Waals surface area contributed by atoms with E-state index in [2.05, 4.69) is 45.6 Å². The van der Waals surface area contributed by atoms with Crippen LogP contribution in [-0.4, -0.2) is 43.2 Å². The van der Waals surface area contributed by atoms with Crippen molar-refractivity contribution in [1.82, 2.24) is 0 Å². The zero-order valence-electron chi connectivity index (χ0n) is 18.2. The van der Waals surface area contributed by atoms with E-state index in [0.717, 1.165) is 5.57 Å². The number of hydrogen-bond acceptors (Lipinski definition) is 3. The van der Waals surface area contributed by atoms with E-state index in [1.54, 1.807) is 6.08 Å². The summed E-state index contributed by atoms with van der Waals surface area (Å²) < 4.78 is 10.4. The van der Waals surface area contributed by atoms with Crippen molar-refractivity contribution in [3.63, 3.8) is 0 Å². The maximum absolute atomic E-state index is 11.9. The van der Waals surface area contributed by atoms with Gasteiger partial charge in [0.15, 0.2) is 0 Å². The van der Waals surface area contributed by atoms with Gasteiger partial charge in [-0.1, -0.05) is 0 Å². The van der Waals surface area contributed by atoms with Crippen molar-refractivity contribution in [3.05, 3.63) is 21.3 Å². The van der Waals surface area contributed by atoms with Crippen molar-refractivity contribution in [2.45, 2.75) is 86.0 Å². The van der Waals surface area contributed by atoms with Gasteiger partial charge in [0, 0.05) is 0 Å². The predicted molar refractivity (Wildman–Crippen MR) is 118 cm³/mol. The van der Waals surface area contributed by atoms with E-state index in [9.17, 15) is 4.79 Å². The van der Waals surface area contributed by atoms with Crippen LogP contribution in [-0.2, 0) is 9.53 Å². The monoisotopic (exact) mass is 484 g/mol. The Balaban J connectivity index is 6.14. The van der Waals surface area contributed by atoms with E-state index in [-0.39, 0.29) is 12.6 Å². The molecule has 0 heterocycles. The molecular weight excluding hydrogens is 443 g/mol. The SMILES string of the molecule is CCC[CH2][Sn]([CH2]CCC)([CH2]CCC)[C](=C\CC#CCO)/C(C)=C/C(=O)OC. The first-order valence-electron chi connectivity index (χ1n) is 10.5. The molecule has 0 aliphatic heterocycles. The molecule has 0 saturated carbocycles. The van der Waals surface area contributed by atoms with Gasteiger partial charge in [-0.05, 0) is 0 Å². The van der Waals surface area contributed by atoms with Crippen molar-refractivity contribution in [2.75, 3.05) is 13.7 Å². The molecule has 1 N–H and O–H groups in total. The fourth-order valence-electron chi connectivity index (χ4n) is 3.71. The van der Waals surface area contributed by atoms with E-state index < -0.39 is 18.4 Å². The molecule has 154 valence electrons. The van der Waals surface area contributed by atoms with E-state index >= 15 is 0 Å². The Morgan fingerprint density at radius 3 is 1.93 bits per heavy atom. The van der Waals surface area contributed by atoms with Crippen LogP contribution in [0, 0.1) is 11.8 Å². The number of ether oxygens (including phenoxy) is 1. The molecule has 0 aromatic rings. The molecular formula is C23H40O3Sn. The van der Waals surface area contributed by atoms with Crippen LogP contribution in [0.5, 0.6) is 0 Å². The van der Waals surface area contributed by atoms with Gasteiger partial charge in [-0.15, -0.1) is 0 Å². The third-order valence-electron chi connectivity index (χ3n) is 5.17. The molecule has 0 bridgehead atoms. The summed E-state index contributed by atoms with van der Waals surface area (Å²) in [6.45, 7) is 8.77. The van der Waals surface area contributed by atoms with Gasteiger partial charge >= 0.3 is 172 Å². The van der Waals surface area contributed by atoms with Gasteiger partial charge in [-0.25, -0.2) is 0 Å². The Labute approximate surface area is 171 Å². The summed E-state index contributed by atoms with van der Waals surface area (Å²) in [5.74, 6) is 5.51. The average molecular weight is 483 g/mol. The third kappa shape index (κ3) is 10.4. The number of carbonyl (C=O) groups is 1. The van der Waals surface area contributed by atoms with Crippen LogP contribution in [0.4, 0.5) is 0 Å². The summed E-state index contributed by atoms with van der Waals surface area (Å²) in [5.41, 5.74) is 1.08. The number of methoxy groups -OCH3 is 1. The number of hydrogen-bond donors (Lipinski definition) is 1. The zero-order valence-corrected chi connectivity index (χ0v) is 21.1. The van der Waals surface area contributed by atoms with E-state index in [4.69, 9.17) is 9.84 Å². The molecule has 0 atom stereocenters. The van der Waals surface area contributed by atoms with Gasteiger partial charge in [0.1, 0.15) is 0 Å².